The van der Waals surface area contributed by atoms with Crippen LogP contribution in [0.15, 0.2) is 42.6 Å². The summed E-state index contributed by atoms with van der Waals surface area (Å²) in [6, 6.07) is 10.6. The van der Waals surface area contributed by atoms with Gasteiger partial charge in [-0.3, -0.25) is 14.3 Å². The molecule has 2 aromatic heterocycles. The van der Waals surface area contributed by atoms with Crippen LogP contribution in [0, 0.1) is 6.92 Å². The van der Waals surface area contributed by atoms with Crippen molar-refractivity contribution < 1.29 is 14.7 Å². The number of halogens is 1. The van der Waals surface area contributed by atoms with Crippen molar-refractivity contribution in [2.45, 2.75) is 20.0 Å². The quantitative estimate of drug-likeness (QED) is 0.690. The summed E-state index contributed by atoms with van der Waals surface area (Å²) >= 11 is 6.18. The summed E-state index contributed by atoms with van der Waals surface area (Å²) in [5.41, 5.74) is 1.91. The molecule has 2 heterocycles. The molecule has 134 valence electrons. The number of aryl methyl sites for hydroxylation is 1. The number of hydrogen-bond donors (Lipinski definition) is 2. The fourth-order valence-corrected chi connectivity index (χ4v) is 2.67. The molecule has 1 aromatic carbocycles. The maximum Gasteiger partial charge on any atom is 0.325 e. The number of aromatic nitrogens is 4. The van der Waals surface area contributed by atoms with Crippen molar-refractivity contribution in [3.63, 3.8) is 0 Å². The molecular weight excluding hydrogens is 358 g/mol. The number of carboxylic acid groups (broad SMARTS) is 1. The fourth-order valence-electron chi connectivity index (χ4n) is 2.48. The smallest absolute Gasteiger partial charge is 0.325 e. The van der Waals surface area contributed by atoms with Crippen LogP contribution in [-0.4, -0.2) is 36.5 Å². The Labute approximate surface area is 154 Å². The van der Waals surface area contributed by atoms with Gasteiger partial charge in [-0.25, -0.2) is 4.68 Å². The second-order valence-electron chi connectivity index (χ2n) is 5.64. The molecule has 3 rings (SSSR count). The zero-order valence-corrected chi connectivity index (χ0v) is 14.6. The molecule has 0 aliphatic heterocycles. The lowest BCUT2D eigenvalue weighted by Crippen LogP contribution is -2.21. The number of nitrogens with one attached hydrogen (secondary N) is 1. The second-order valence-corrected chi connectivity index (χ2v) is 6.05. The molecule has 8 nitrogen and oxygen atoms in total. The predicted molar refractivity (Wildman–Crippen MR) is 95.3 cm³/mol. The summed E-state index contributed by atoms with van der Waals surface area (Å²) in [5.74, 6) is -1.20. The summed E-state index contributed by atoms with van der Waals surface area (Å²) in [4.78, 5) is 23.2. The Balaban J connectivity index is 1.75. The molecule has 3 aromatic rings. The average molecular weight is 374 g/mol. The van der Waals surface area contributed by atoms with E-state index in [1.54, 1.807) is 10.7 Å². The zero-order chi connectivity index (χ0) is 18.7. The number of rotatable bonds is 6. The molecule has 0 fully saturated rings. The van der Waals surface area contributed by atoms with Gasteiger partial charge in [0.2, 0.25) is 0 Å². The van der Waals surface area contributed by atoms with Crippen molar-refractivity contribution in [2.75, 3.05) is 5.32 Å². The highest BCUT2D eigenvalue weighted by atomic mass is 35.5. The van der Waals surface area contributed by atoms with Crippen LogP contribution in [0.2, 0.25) is 5.02 Å². The molecule has 0 aliphatic rings. The van der Waals surface area contributed by atoms with E-state index in [0.717, 1.165) is 15.9 Å². The number of aliphatic carboxylic acids is 1. The molecule has 9 heteroatoms. The Morgan fingerprint density at radius 1 is 1.23 bits per heavy atom. The topological polar surface area (TPSA) is 102 Å². The van der Waals surface area contributed by atoms with Crippen LogP contribution in [0.5, 0.6) is 0 Å². The third kappa shape index (κ3) is 3.92. The largest absolute Gasteiger partial charge is 0.480 e. The van der Waals surface area contributed by atoms with Crippen LogP contribution >= 0.6 is 11.6 Å². The summed E-state index contributed by atoms with van der Waals surface area (Å²) in [5, 5.41) is 20.4. The van der Waals surface area contributed by atoms with Gasteiger partial charge in [0.05, 0.1) is 6.54 Å². The number of amides is 1. The van der Waals surface area contributed by atoms with Crippen LogP contribution in [0.3, 0.4) is 0 Å². The van der Waals surface area contributed by atoms with E-state index < -0.39 is 18.4 Å². The van der Waals surface area contributed by atoms with Crippen molar-refractivity contribution in [3.8, 4) is 0 Å². The lowest BCUT2D eigenvalue weighted by Gasteiger charge is -2.06. The Morgan fingerprint density at radius 3 is 2.73 bits per heavy atom. The molecule has 0 spiro atoms. The van der Waals surface area contributed by atoms with E-state index in [1.165, 1.54) is 12.3 Å². The molecule has 0 unspecified atom stereocenters. The fraction of sp³-hybridized carbons (Fsp3) is 0.176. The number of carboxylic acids is 1. The van der Waals surface area contributed by atoms with Crippen molar-refractivity contribution in [1.29, 1.82) is 0 Å². The highest BCUT2D eigenvalue weighted by Crippen LogP contribution is 2.18. The monoisotopic (exact) mass is 373 g/mol. The van der Waals surface area contributed by atoms with Crippen LogP contribution in [0.1, 0.15) is 21.7 Å². The third-order valence-electron chi connectivity index (χ3n) is 3.73. The van der Waals surface area contributed by atoms with E-state index in [4.69, 9.17) is 16.7 Å². The predicted octanol–water partition coefficient (Wildman–Crippen LogP) is 2.43. The molecular formula is C17H16ClN5O3. The van der Waals surface area contributed by atoms with Gasteiger partial charge in [0.15, 0.2) is 5.82 Å². The Bertz CT molecular complexity index is 963. The standard InChI is InChI=1S/C17H16ClN5O3/c1-11-8-15(21-22(11)9-12-4-2-3-5-13(12)18)20-17(26)14-6-7-19-23(14)10-16(24)25/h2-8H,9-10H2,1H3,(H,24,25)(H,20,21,26). The third-order valence-corrected chi connectivity index (χ3v) is 4.10. The minimum absolute atomic E-state index is 0.144. The average Bonchev–Trinajstić information content (AvgIpc) is 3.16. The van der Waals surface area contributed by atoms with Gasteiger partial charge in [-0.1, -0.05) is 29.8 Å². The van der Waals surface area contributed by atoms with Crippen molar-refractivity contribution >= 4 is 29.3 Å². The molecule has 1 amide bonds. The molecule has 0 saturated heterocycles. The first-order valence-electron chi connectivity index (χ1n) is 7.77. The van der Waals surface area contributed by atoms with Crippen molar-refractivity contribution in [3.05, 3.63) is 64.6 Å². The van der Waals surface area contributed by atoms with Gasteiger partial charge in [0.1, 0.15) is 12.2 Å². The second kappa shape index (κ2) is 7.40. The van der Waals surface area contributed by atoms with E-state index >= 15 is 0 Å². The van der Waals surface area contributed by atoms with Crippen molar-refractivity contribution in [2.24, 2.45) is 0 Å². The molecule has 26 heavy (non-hydrogen) atoms. The van der Waals surface area contributed by atoms with E-state index in [1.807, 2.05) is 31.2 Å². The summed E-state index contributed by atoms with van der Waals surface area (Å²) in [7, 11) is 0. The number of nitrogens with zero attached hydrogens (tertiary/aromatic N) is 4. The molecule has 2 N–H and O–H groups in total. The van der Waals surface area contributed by atoms with Gasteiger partial charge in [-0.05, 0) is 24.6 Å². The van der Waals surface area contributed by atoms with Gasteiger partial charge in [-0.15, -0.1) is 0 Å². The lowest BCUT2D eigenvalue weighted by molar-refractivity contribution is -0.137. The number of carbonyl (C=O) groups is 2. The lowest BCUT2D eigenvalue weighted by atomic mass is 10.2. The van der Waals surface area contributed by atoms with Crippen LogP contribution < -0.4 is 5.32 Å². The van der Waals surface area contributed by atoms with E-state index in [-0.39, 0.29) is 5.69 Å². The van der Waals surface area contributed by atoms with Gasteiger partial charge in [-0.2, -0.15) is 10.2 Å². The Morgan fingerprint density at radius 2 is 2.00 bits per heavy atom. The first-order chi connectivity index (χ1) is 12.4. The van der Waals surface area contributed by atoms with Crippen molar-refractivity contribution in [1.82, 2.24) is 19.6 Å². The maximum absolute atomic E-state index is 12.4. The molecule has 0 bridgehead atoms. The highest BCUT2D eigenvalue weighted by molar-refractivity contribution is 6.31. The first-order valence-corrected chi connectivity index (χ1v) is 8.14. The Hall–Kier alpha value is -3.13. The number of anilines is 1. The van der Waals surface area contributed by atoms with E-state index in [0.29, 0.717) is 17.4 Å². The minimum Gasteiger partial charge on any atom is -0.480 e. The van der Waals surface area contributed by atoms with Crippen LogP contribution in [0.25, 0.3) is 0 Å². The molecule has 0 saturated carbocycles. The SMILES string of the molecule is Cc1cc(NC(=O)c2ccnn2CC(=O)O)nn1Cc1ccccc1Cl. The number of hydrogen-bond acceptors (Lipinski definition) is 4. The molecule has 0 atom stereocenters. The highest BCUT2D eigenvalue weighted by Gasteiger charge is 2.16. The molecule has 0 aliphatic carbocycles. The van der Waals surface area contributed by atoms with E-state index in [2.05, 4.69) is 15.5 Å². The number of carbonyl (C=O) groups excluding carboxylic acids is 1. The van der Waals surface area contributed by atoms with Gasteiger partial charge >= 0.3 is 5.97 Å². The summed E-state index contributed by atoms with van der Waals surface area (Å²) in [6.07, 6.45) is 1.37. The van der Waals surface area contributed by atoms with E-state index in [9.17, 15) is 9.59 Å². The summed E-state index contributed by atoms with van der Waals surface area (Å²) < 4.78 is 2.84. The first kappa shape index (κ1) is 17.7. The van der Waals surface area contributed by atoms with Crippen LogP contribution in [0.4, 0.5) is 5.82 Å². The molecule has 0 radical (unpaired) electrons. The normalized spacial score (nSPS) is 10.7. The Kier molecular flexibility index (Phi) is 5.04. The minimum atomic E-state index is -1.08. The van der Waals surface area contributed by atoms with Gasteiger partial charge in [0, 0.05) is 23.0 Å². The van der Waals surface area contributed by atoms with Crippen LogP contribution in [-0.2, 0) is 17.9 Å². The number of benzene rings is 1. The summed E-state index contributed by atoms with van der Waals surface area (Å²) in [6.45, 7) is 1.95. The van der Waals surface area contributed by atoms with Gasteiger partial charge in [0.25, 0.3) is 5.91 Å². The maximum atomic E-state index is 12.4. The van der Waals surface area contributed by atoms with Gasteiger partial charge < -0.3 is 10.4 Å². The zero-order valence-electron chi connectivity index (χ0n) is 13.9.